The number of nitrogens with zero attached hydrogens (tertiary/aromatic N) is 1. The fourth-order valence-electron chi connectivity index (χ4n) is 2.35. The van der Waals surface area contributed by atoms with Crippen LogP contribution in [0.4, 0.5) is 0 Å². The number of thioether (sulfide) groups is 1. The monoisotopic (exact) mass is 444 g/mol. The van der Waals surface area contributed by atoms with Gasteiger partial charge in [0.2, 0.25) is 17.7 Å². The fourth-order valence-corrected chi connectivity index (χ4v) is 2.82. The second-order valence-corrected chi connectivity index (χ2v) is 7.53. The first-order valence-electron chi connectivity index (χ1n) is 9.16. The standard InChI is InChI=1S/C17H28N6O6S/c1-9(17(28)29)21-16(27)13(7-24)23-15(26)12(3-4-30-2)22-14(25)11(18)5-10-6-19-8-20-10/h6,8-9,11-13,24H,3-5,7,18H2,1-2H3,(H,19,20)(H,21,27)(H,22,25)(H,23,26)(H,28,29). The molecule has 168 valence electrons. The number of hydrogen-bond donors (Lipinski definition) is 7. The molecule has 0 radical (unpaired) electrons. The normalized spacial score (nSPS) is 14.8. The number of amides is 3. The van der Waals surface area contributed by atoms with Crippen LogP contribution in [-0.2, 0) is 25.6 Å². The topological polar surface area (TPSA) is 200 Å². The Kier molecular flexibility index (Phi) is 10.9. The second-order valence-electron chi connectivity index (χ2n) is 6.54. The van der Waals surface area contributed by atoms with E-state index in [1.165, 1.54) is 31.2 Å². The minimum atomic E-state index is -1.37. The molecule has 1 heterocycles. The molecule has 0 fully saturated rings. The van der Waals surface area contributed by atoms with Crippen LogP contribution in [0, 0.1) is 0 Å². The van der Waals surface area contributed by atoms with Gasteiger partial charge in [-0.25, -0.2) is 4.98 Å². The maximum Gasteiger partial charge on any atom is 0.325 e. The Morgan fingerprint density at radius 1 is 1.17 bits per heavy atom. The van der Waals surface area contributed by atoms with Gasteiger partial charge in [-0.2, -0.15) is 11.8 Å². The van der Waals surface area contributed by atoms with Crippen molar-refractivity contribution in [3.05, 3.63) is 18.2 Å². The lowest BCUT2D eigenvalue weighted by atomic mass is 10.1. The second kappa shape index (κ2) is 12.8. The molecule has 13 heteroatoms. The van der Waals surface area contributed by atoms with Crippen molar-refractivity contribution < 1.29 is 29.4 Å². The summed E-state index contributed by atoms with van der Waals surface area (Å²) in [7, 11) is 0. The number of aliphatic hydroxyl groups excluding tert-OH is 1. The molecule has 0 aliphatic heterocycles. The summed E-state index contributed by atoms with van der Waals surface area (Å²) in [6.45, 7) is 0.505. The number of aliphatic carboxylic acids is 1. The summed E-state index contributed by atoms with van der Waals surface area (Å²) in [5.74, 6) is -2.83. The minimum Gasteiger partial charge on any atom is -0.480 e. The molecule has 4 atom stereocenters. The van der Waals surface area contributed by atoms with Crippen molar-refractivity contribution in [2.45, 2.75) is 43.9 Å². The van der Waals surface area contributed by atoms with E-state index in [9.17, 15) is 24.3 Å². The lowest BCUT2D eigenvalue weighted by molar-refractivity contribution is -0.142. The predicted molar refractivity (Wildman–Crippen MR) is 109 cm³/mol. The highest BCUT2D eigenvalue weighted by molar-refractivity contribution is 7.98. The molecular weight excluding hydrogens is 416 g/mol. The van der Waals surface area contributed by atoms with Gasteiger partial charge in [-0.05, 0) is 25.4 Å². The fraction of sp³-hybridized carbons (Fsp3) is 0.588. The van der Waals surface area contributed by atoms with Crippen LogP contribution in [0.3, 0.4) is 0 Å². The summed E-state index contributed by atoms with van der Waals surface area (Å²) in [5.41, 5.74) is 6.55. The molecule has 0 aliphatic rings. The van der Waals surface area contributed by atoms with Gasteiger partial charge in [0.1, 0.15) is 18.1 Å². The molecule has 0 saturated carbocycles. The number of carbonyl (C=O) groups is 4. The molecule has 1 aromatic heterocycles. The minimum absolute atomic E-state index is 0.192. The third-order valence-electron chi connectivity index (χ3n) is 4.12. The number of aromatic nitrogens is 2. The zero-order chi connectivity index (χ0) is 22.7. The number of rotatable bonds is 13. The van der Waals surface area contributed by atoms with Crippen molar-refractivity contribution in [2.24, 2.45) is 5.73 Å². The van der Waals surface area contributed by atoms with Gasteiger partial charge in [0.25, 0.3) is 0 Å². The third kappa shape index (κ3) is 8.39. The number of nitrogens with one attached hydrogen (secondary N) is 4. The smallest absolute Gasteiger partial charge is 0.325 e. The maximum atomic E-state index is 12.6. The molecule has 1 rings (SSSR count). The lowest BCUT2D eigenvalue weighted by Crippen LogP contribution is -2.58. The van der Waals surface area contributed by atoms with Crippen molar-refractivity contribution in [3.8, 4) is 0 Å². The number of H-pyrrole nitrogens is 1. The molecule has 0 aliphatic carbocycles. The molecule has 0 spiro atoms. The molecule has 12 nitrogen and oxygen atoms in total. The Balaban J connectivity index is 2.74. The highest BCUT2D eigenvalue weighted by Crippen LogP contribution is 2.04. The number of aromatic amines is 1. The first-order chi connectivity index (χ1) is 14.2. The van der Waals surface area contributed by atoms with Gasteiger partial charge >= 0.3 is 5.97 Å². The van der Waals surface area contributed by atoms with E-state index in [4.69, 9.17) is 10.8 Å². The van der Waals surface area contributed by atoms with Crippen LogP contribution < -0.4 is 21.7 Å². The molecule has 0 aromatic carbocycles. The quantitative estimate of drug-likeness (QED) is 0.173. The first kappa shape index (κ1) is 25.4. The number of imidazole rings is 1. The molecule has 3 amide bonds. The lowest BCUT2D eigenvalue weighted by Gasteiger charge is -2.23. The Hall–Kier alpha value is -2.64. The number of nitrogens with two attached hydrogens (primary N) is 1. The van der Waals surface area contributed by atoms with Gasteiger partial charge < -0.3 is 36.9 Å². The molecule has 1 aromatic rings. The van der Waals surface area contributed by atoms with Crippen LogP contribution in [0.5, 0.6) is 0 Å². The SMILES string of the molecule is CSCCC(NC(=O)C(N)Cc1cnc[nH]1)C(=O)NC(CO)C(=O)NC(C)C(=O)O. The van der Waals surface area contributed by atoms with E-state index < -0.39 is 54.5 Å². The van der Waals surface area contributed by atoms with Gasteiger partial charge in [-0.1, -0.05) is 0 Å². The number of hydrogen-bond acceptors (Lipinski definition) is 8. The van der Waals surface area contributed by atoms with E-state index in [0.29, 0.717) is 11.4 Å². The van der Waals surface area contributed by atoms with Gasteiger partial charge in [0.15, 0.2) is 0 Å². The van der Waals surface area contributed by atoms with Crippen LogP contribution >= 0.6 is 11.8 Å². The van der Waals surface area contributed by atoms with Crippen molar-refractivity contribution in [2.75, 3.05) is 18.6 Å². The Morgan fingerprint density at radius 3 is 2.33 bits per heavy atom. The number of carboxylic acids is 1. The number of aliphatic hydroxyl groups is 1. The Bertz CT molecular complexity index is 716. The highest BCUT2D eigenvalue weighted by atomic mass is 32.2. The first-order valence-corrected chi connectivity index (χ1v) is 10.6. The summed E-state index contributed by atoms with van der Waals surface area (Å²) >= 11 is 1.46. The molecule has 30 heavy (non-hydrogen) atoms. The maximum absolute atomic E-state index is 12.6. The van der Waals surface area contributed by atoms with E-state index in [1.54, 1.807) is 0 Å². The summed E-state index contributed by atoms with van der Waals surface area (Å²) in [5, 5.41) is 25.4. The van der Waals surface area contributed by atoms with Gasteiger partial charge in [-0.15, -0.1) is 0 Å². The van der Waals surface area contributed by atoms with E-state index in [0.717, 1.165) is 0 Å². The molecule has 0 saturated heterocycles. The number of carbonyl (C=O) groups excluding carboxylic acids is 3. The van der Waals surface area contributed by atoms with Crippen molar-refractivity contribution in [3.63, 3.8) is 0 Å². The molecule has 8 N–H and O–H groups in total. The van der Waals surface area contributed by atoms with E-state index >= 15 is 0 Å². The van der Waals surface area contributed by atoms with Crippen LogP contribution in [0.2, 0.25) is 0 Å². The van der Waals surface area contributed by atoms with Gasteiger partial charge in [0.05, 0.1) is 19.0 Å². The highest BCUT2D eigenvalue weighted by Gasteiger charge is 2.29. The van der Waals surface area contributed by atoms with Crippen LogP contribution in [0.25, 0.3) is 0 Å². The average Bonchev–Trinajstić information content (AvgIpc) is 3.21. The van der Waals surface area contributed by atoms with Crippen LogP contribution in [0.15, 0.2) is 12.5 Å². The molecule has 4 unspecified atom stereocenters. The summed E-state index contributed by atoms with van der Waals surface area (Å²) < 4.78 is 0. The zero-order valence-electron chi connectivity index (χ0n) is 16.8. The van der Waals surface area contributed by atoms with Crippen molar-refractivity contribution >= 4 is 35.5 Å². The van der Waals surface area contributed by atoms with E-state index in [-0.39, 0.29) is 12.8 Å². The van der Waals surface area contributed by atoms with Crippen LogP contribution in [0.1, 0.15) is 19.0 Å². The van der Waals surface area contributed by atoms with Gasteiger partial charge in [-0.3, -0.25) is 19.2 Å². The van der Waals surface area contributed by atoms with Crippen molar-refractivity contribution in [1.82, 2.24) is 25.9 Å². The predicted octanol–water partition coefficient (Wildman–Crippen LogP) is -2.42. The van der Waals surface area contributed by atoms with Crippen LogP contribution in [-0.4, -0.2) is 86.7 Å². The Morgan fingerprint density at radius 2 is 1.80 bits per heavy atom. The zero-order valence-corrected chi connectivity index (χ0v) is 17.6. The average molecular weight is 445 g/mol. The Labute approximate surface area is 177 Å². The largest absolute Gasteiger partial charge is 0.480 e. The summed E-state index contributed by atoms with van der Waals surface area (Å²) in [6.07, 6.45) is 5.28. The van der Waals surface area contributed by atoms with Gasteiger partial charge in [0, 0.05) is 18.3 Å². The third-order valence-corrected chi connectivity index (χ3v) is 4.76. The molecular formula is C17H28N6O6S. The number of carboxylic acid groups (broad SMARTS) is 1. The van der Waals surface area contributed by atoms with E-state index in [2.05, 4.69) is 25.9 Å². The van der Waals surface area contributed by atoms with E-state index in [1.807, 2.05) is 6.26 Å². The van der Waals surface area contributed by atoms with Crippen molar-refractivity contribution in [1.29, 1.82) is 0 Å². The summed E-state index contributed by atoms with van der Waals surface area (Å²) in [6, 6.07) is -4.48. The molecule has 0 bridgehead atoms. The summed E-state index contributed by atoms with van der Waals surface area (Å²) in [4.78, 5) is 54.7.